The first-order chi connectivity index (χ1) is 17.1. The van der Waals surface area contributed by atoms with Crippen LogP contribution in [0, 0.1) is 0 Å². The van der Waals surface area contributed by atoms with E-state index in [0.717, 1.165) is 0 Å². The minimum absolute atomic E-state index is 0.00837. The zero-order valence-corrected chi connectivity index (χ0v) is 21.1. The number of aromatic nitrogens is 3. The maximum Gasteiger partial charge on any atom is 0.322 e. The maximum atomic E-state index is 12.4. The van der Waals surface area contributed by atoms with Gasteiger partial charge < -0.3 is 29.4 Å². The van der Waals surface area contributed by atoms with Crippen LogP contribution in [-0.2, 0) is 38.1 Å². The summed E-state index contributed by atoms with van der Waals surface area (Å²) in [5.41, 5.74) is 5.84. The van der Waals surface area contributed by atoms with Gasteiger partial charge in [-0.05, 0) is 26.0 Å². The number of nitrogens with one attached hydrogen (secondary N) is 1. The van der Waals surface area contributed by atoms with Crippen molar-refractivity contribution in [2.24, 2.45) is 0 Å². The molecule has 2 aromatic heterocycles. The predicted molar refractivity (Wildman–Crippen MR) is 125 cm³/mol. The monoisotopic (exact) mass is 507 g/mol. The Balaban J connectivity index is 1.92. The van der Waals surface area contributed by atoms with Gasteiger partial charge in [0.05, 0.1) is 26.1 Å². The van der Waals surface area contributed by atoms with Crippen LogP contribution in [0.15, 0.2) is 18.5 Å². The Labute approximate surface area is 208 Å². The molecule has 0 bridgehead atoms. The van der Waals surface area contributed by atoms with Crippen molar-refractivity contribution in [2.45, 2.75) is 70.5 Å². The largest absolute Gasteiger partial charge is 0.468 e. The smallest absolute Gasteiger partial charge is 0.322 e. The van der Waals surface area contributed by atoms with E-state index in [1.54, 1.807) is 44.3 Å². The molecule has 1 fully saturated rings. The highest BCUT2D eigenvalue weighted by atomic mass is 16.7. The molecular weight excluding hydrogens is 474 g/mol. The Morgan fingerprint density at radius 3 is 2.58 bits per heavy atom. The van der Waals surface area contributed by atoms with Gasteiger partial charge in [-0.2, -0.15) is 5.10 Å². The first-order valence-electron chi connectivity index (χ1n) is 11.7. The van der Waals surface area contributed by atoms with Crippen LogP contribution in [0.2, 0.25) is 0 Å². The Hall–Kier alpha value is -3.29. The van der Waals surface area contributed by atoms with Crippen LogP contribution in [0.4, 0.5) is 5.82 Å². The molecule has 36 heavy (non-hydrogen) atoms. The van der Waals surface area contributed by atoms with Gasteiger partial charge in [-0.25, -0.2) is 9.50 Å². The second kappa shape index (κ2) is 11.6. The van der Waals surface area contributed by atoms with Crippen molar-refractivity contribution in [2.75, 3.05) is 26.2 Å². The maximum absolute atomic E-state index is 12.4. The fourth-order valence-electron chi connectivity index (χ4n) is 3.94. The number of ether oxygens (including phenoxy) is 5. The van der Waals surface area contributed by atoms with Gasteiger partial charge in [-0.15, -0.1) is 0 Å². The second-order valence-corrected chi connectivity index (χ2v) is 8.57. The normalized spacial score (nSPS) is 24.4. The quantitative estimate of drug-likeness (QED) is 0.191. The van der Waals surface area contributed by atoms with E-state index in [1.165, 1.54) is 13.4 Å². The van der Waals surface area contributed by atoms with Gasteiger partial charge in [0.25, 0.3) is 0 Å². The highest BCUT2D eigenvalue weighted by Crippen LogP contribution is 2.44. The Bertz CT molecular complexity index is 1090. The number of nitrogens with zero attached hydrogens (tertiary/aromatic N) is 3. The summed E-state index contributed by atoms with van der Waals surface area (Å²) in [5.74, 6) is -1.15. The van der Waals surface area contributed by atoms with Crippen LogP contribution in [-0.4, -0.2) is 76.8 Å². The molecule has 1 aliphatic rings. The number of hydrogen-bond acceptors (Lipinski definition) is 12. The third kappa shape index (κ3) is 5.74. The molecule has 1 aliphatic heterocycles. The Morgan fingerprint density at radius 2 is 1.92 bits per heavy atom. The molecule has 198 valence electrons. The zero-order chi connectivity index (χ0) is 26.5. The van der Waals surface area contributed by atoms with E-state index in [4.69, 9.17) is 24.7 Å². The Morgan fingerprint density at radius 1 is 1.22 bits per heavy atom. The summed E-state index contributed by atoms with van der Waals surface area (Å²) in [6, 6.07) is 2.87. The average Bonchev–Trinajstić information content (AvgIpc) is 3.41. The van der Waals surface area contributed by atoms with E-state index in [2.05, 4.69) is 20.1 Å². The first kappa shape index (κ1) is 27.3. The number of nitrogen functional groups attached to an aromatic ring is 1. The number of esters is 3. The summed E-state index contributed by atoms with van der Waals surface area (Å²) in [5, 5.41) is 7.14. The number of hydrogen-bond donors (Lipinski definition) is 2. The topological polar surface area (TPSA) is 166 Å². The summed E-state index contributed by atoms with van der Waals surface area (Å²) in [7, 11) is 1.29. The van der Waals surface area contributed by atoms with Crippen molar-refractivity contribution in [1.29, 1.82) is 0 Å². The third-order valence-electron chi connectivity index (χ3n) is 5.94. The molecule has 1 saturated heterocycles. The fraction of sp³-hybridized carbons (Fsp3) is 0.609. The number of nitrogens with two attached hydrogens (primary N) is 1. The molecule has 3 heterocycles. The average molecular weight is 508 g/mol. The summed E-state index contributed by atoms with van der Waals surface area (Å²) >= 11 is 0. The lowest BCUT2D eigenvalue weighted by Crippen LogP contribution is -2.49. The number of carbonyl (C=O) groups is 3. The zero-order valence-electron chi connectivity index (χ0n) is 21.1. The first-order valence-corrected chi connectivity index (χ1v) is 11.7. The van der Waals surface area contributed by atoms with Gasteiger partial charge in [-0.1, -0.05) is 13.8 Å². The molecule has 0 saturated carbocycles. The molecule has 0 aliphatic carbocycles. The molecule has 13 heteroatoms. The van der Waals surface area contributed by atoms with Crippen molar-refractivity contribution in [3.8, 4) is 0 Å². The van der Waals surface area contributed by atoms with E-state index < -0.39 is 47.9 Å². The van der Waals surface area contributed by atoms with Crippen molar-refractivity contribution in [1.82, 2.24) is 19.9 Å². The van der Waals surface area contributed by atoms with E-state index >= 15 is 0 Å². The van der Waals surface area contributed by atoms with Crippen LogP contribution in [0.25, 0.3) is 5.52 Å². The van der Waals surface area contributed by atoms with E-state index in [0.29, 0.717) is 11.2 Å². The fourth-order valence-corrected chi connectivity index (χ4v) is 3.94. The number of rotatable bonds is 11. The van der Waals surface area contributed by atoms with Crippen LogP contribution in [0.3, 0.4) is 0 Å². The molecule has 0 unspecified atom stereocenters. The third-order valence-corrected chi connectivity index (χ3v) is 5.94. The predicted octanol–water partition coefficient (Wildman–Crippen LogP) is 0.910. The minimum atomic E-state index is -1.22. The molecule has 5 atom stereocenters. The number of carbonyl (C=O) groups excluding carboxylic acids is 3. The van der Waals surface area contributed by atoms with E-state index in [-0.39, 0.29) is 32.0 Å². The van der Waals surface area contributed by atoms with Gasteiger partial charge in [-0.3, -0.25) is 19.7 Å². The summed E-state index contributed by atoms with van der Waals surface area (Å²) < 4.78 is 29.9. The van der Waals surface area contributed by atoms with Gasteiger partial charge in [0.15, 0.2) is 18.0 Å². The van der Waals surface area contributed by atoms with Crippen molar-refractivity contribution in [3.63, 3.8) is 0 Å². The molecule has 0 spiro atoms. The summed E-state index contributed by atoms with van der Waals surface area (Å²) in [6.07, 6.45) is -1.31. The highest BCUT2D eigenvalue weighted by Gasteiger charge is 2.58. The van der Waals surface area contributed by atoms with Crippen LogP contribution < -0.4 is 11.1 Å². The Kier molecular flexibility index (Phi) is 8.82. The summed E-state index contributed by atoms with van der Waals surface area (Å²) in [4.78, 5) is 40.4. The second-order valence-electron chi connectivity index (χ2n) is 8.57. The highest BCUT2D eigenvalue weighted by molar-refractivity contribution is 5.75. The lowest BCUT2D eigenvalue weighted by atomic mass is 9.96. The van der Waals surface area contributed by atoms with Gasteiger partial charge in [0.1, 0.15) is 29.6 Å². The molecule has 3 N–H and O–H groups in total. The van der Waals surface area contributed by atoms with Crippen molar-refractivity contribution < 1.29 is 38.1 Å². The van der Waals surface area contributed by atoms with Gasteiger partial charge in [0.2, 0.25) is 0 Å². The van der Waals surface area contributed by atoms with Gasteiger partial charge >= 0.3 is 17.9 Å². The lowest BCUT2D eigenvalue weighted by Gasteiger charge is -2.31. The molecule has 0 amide bonds. The van der Waals surface area contributed by atoms with E-state index in [1.807, 2.05) is 0 Å². The molecule has 0 radical (unpaired) electrons. The minimum Gasteiger partial charge on any atom is -0.468 e. The number of anilines is 1. The molecule has 3 rings (SSSR count). The molecule has 0 aromatic carbocycles. The molecule has 2 aromatic rings. The van der Waals surface area contributed by atoms with Crippen molar-refractivity contribution >= 4 is 29.2 Å². The van der Waals surface area contributed by atoms with Crippen molar-refractivity contribution in [3.05, 3.63) is 24.2 Å². The van der Waals surface area contributed by atoms with E-state index in [9.17, 15) is 14.4 Å². The van der Waals surface area contributed by atoms with Crippen LogP contribution >= 0.6 is 0 Å². The standard InChI is InChI=1S/C23H33N5O8/c1-6-16(29)34-19-18(14-8-9-15-21(24)25-11-27-28(14)15)36-23(4,20(19)35-17(30)7-2)10-33-12-26-13(3)22(31)32-5/h8-9,11,13,18-20,26H,6-7,10,12H2,1-5H3,(H2,24,25,27)/t13-,18-,19-,20-,23+/m0/s1. The number of methoxy groups -OCH3 is 1. The molecule has 13 nitrogen and oxygen atoms in total. The van der Waals surface area contributed by atoms with Crippen LogP contribution in [0.1, 0.15) is 52.3 Å². The molecular formula is C23H33N5O8. The number of fused-ring (bicyclic) bond motifs is 1. The lowest BCUT2D eigenvalue weighted by molar-refractivity contribution is -0.174. The van der Waals surface area contributed by atoms with Gasteiger partial charge in [0, 0.05) is 12.8 Å². The SMILES string of the molecule is CCC(=O)O[C@H]1[C@H](c2ccc3c(N)ncnn23)O[C@](C)(COCN[C@@H](C)C(=O)OC)[C@H]1OC(=O)CC. The summed E-state index contributed by atoms with van der Waals surface area (Å²) in [6.45, 7) is 6.61. The van der Waals surface area contributed by atoms with Crippen LogP contribution in [0.5, 0.6) is 0 Å².